The number of rotatable bonds is 8. The average molecular weight is 1260 g/mol. The molecule has 0 amide bonds. The second-order valence-electron chi connectivity index (χ2n) is 23.3. The molecule has 83 heavy (non-hydrogen) atoms. The normalized spacial score (nSPS) is 15.3. The number of para-hydroxylation sites is 4. The largest absolute Gasteiger partial charge is 0.508 e. The Labute approximate surface area is 512 Å². The summed E-state index contributed by atoms with van der Waals surface area (Å²) in [4.78, 5) is 4.99. The predicted octanol–water partition coefficient (Wildman–Crippen LogP) is 18.3. The molecule has 0 unspecified atom stereocenters. The Morgan fingerprint density at radius 3 is 1.67 bits per heavy atom. The number of fused-ring (bicyclic) bond motifs is 9. The van der Waals surface area contributed by atoms with Gasteiger partial charge in [0, 0.05) is 76.9 Å². The van der Waals surface area contributed by atoms with E-state index in [9.17, 15) is 5.48 Å². The van der Waals surface area contributed by atoms with Crippen LogP contribution in [0, 0.1) is 18.5 Å². The molecular weight excluding hydrogens is 1190 g/mol. The SMILES string of the molecule is [2H]c1c([2H])c([2H])c(-c2cccc(-c3c([2H])c([2H])c([2H])c([2H])c3[2H])c2-[n+]2[c-]n(-c3[c-]c(Oc4[c-]c5c(cc4-n4c6ccccc6c6ccccc64)c4ccccc4n5-c4cc(C(C)(C)C)ccn4)ccc3)c3cc4c(cc32)C(C)(C)c2ccccc2C4(C)C)c([2H])c1[2H].[Pt]. The number of aromatic nitrogens is 5. The van der Waals surface area contributed by atoms with E-state index in [4.69, 9.17) is 17.9 Å². The smallest absolute Gasteiger partial charge is 0.268 e. The Bertz CT molecular complexity index is 5320. The van der Waals surface area contributed by atoms with Gasteiger partial charge in [-0.2, -0.15) is 12.1 Å². The average Bonchev–Trinajstić information content (AvgIpc) is 1.70. The van der Waals surface area contributed by atoms with Gasteiger partial charge >= 0.3 is 0 Å². The van der Waals surface area contributed by atoms with E-state index in [2.05, 4.69) is 161 Å². The molecule has 6 nitrogen and oxygen atoms in total. The van der Waals surface area contributed by atoms with Gasteiger partial charge in [0.1, 0.15) is 5.82 Å². The molecule has 0 aliphatic heterocycles. The van der Waals surface area contributed by atoms with Crippen LogP contribution in [-0.2, 0) is 37.3 Å². The number of pyridine rings is 1. The summed E-state index contributed by atoms with van der Waals surface area (Å²) in [6, 6.07) is 56.6. The first-order valence-electron chi connectivity index (χ1n) is 32.6. The molecule has 1 aliphatic carbocycles. The Kier molecular flexibility index (Phi) is 9.85. The van der Waals surface area contributed by atoms with Crippen molar-refractivity contribution in [2.24, 2.45) is 0 Å². The van der Waals surface area contributed by atoms with E-state index in [0.717, 1.165) is 82.9 Å². The minimum absolute atomic E-state index is 0. The van der Waals surface area contributed by atoms with Gasteiger partial charge in [-0.25, -0.2) is 4.98 Å². The molecule has 0 N–H and O–H groups in total. The minimum Gasteiger partial charge on any atom is -0.508 e. The second kappa shape index (κ2) is 19.5. The summed E-state index contributed by atoms with van der Waals surface area (Å²) in [6.45, 7) is 15.3. The number of benzene rings is 10. The van der Waals surface area contributed by atoms with Crippen LogP contribution in [0.1, 0.15) is 90.0 Å². The molecule has 10 aromatic carbocycles. The third kappa shape index (κ3) is 8.24. The van der Waals surface area contributed by atoms with Gasteiger partial charge in [0.05, 0.1) is 30.4 Å². The van der Waals surface area contributed by atoms with Crippen molar-refractivity contribution in [2.45, 2.75) is 64.7 Å². The molecule has 0 spiro atoms. The summed E-state index contributed by atoms with van der Waals surface area (Å²) in [5.74, 6) is 1.45. The number of ether oxygens (including phenoxy) is 1. The molecule has 15 rings (SSSR count). The van der Waals surface area contributed by atoms with Crippen LogP contribution in [0.15, 0.2) is 230 Å². The van der Waals surface area contributed by atoms with E-state index in [1.807, 2.05) is 71.4 Å². The van der Waals surface area contributed by atoms with Gasteiger partial charge in [0.25, 0.3) is 6.33 Å². The minimum atomic E-state index is -0.583. The van der Waals surface area contributed by atoms with E-state index >= 15 is 0 Å². The van der Waals surface area contributed by atoms with Crippen LogP contribution in [0.2, 0.25) is 0 Å². The molecule has 1 aliphatic rings. The topological polar surface area (TPSA) is 40.8 Å². The van der Waals surface area contributed by atoms with E-state index in [1.54, 1.807) is 22.8 Å². The van der Waals surface area contributed by atoms with Crippen LogP contribution in [-0.4, -0.2) is 18.7 Å². The molecule has 0 atom stereocenters. The molecule has 0 saturated heterocycles. The van der Waals surface area contributed by atoms with E-state index in [1.165, 1.54) is 0 Å². The maximum Gasteiger partial charge on any atom is 0.268 e. The van der Waals surface area contributed by atoms with Crippen LogP contribution in [0.5, 0.6) is 11.5 Å². The van der Waals surface area contributed by atoms with E-state index in [0.29, 0.717) is 28.2 Å². The number of hydrogen-bond acceptors (Lipinski definition) is 2. The first-order valence-corrected chi connectivity index (χ1v) is 27.6. The van der Waals surface area contributed by atoms with Crippen LogP contribution < -0.4 is 9.30 Å². The zero-order valence-electron chi connectivity index (χ0n) is 56.6. The number of nitrogens with zero attached hydrogens (tertiary/aromatic N) is 5. The Morgan fingerprint density at radius 1 is 0.530 bits per heavy atom. The Morgan fingerprint density at radius 2 is 1.07 bits per heavy atom. The molecular formula is C76H59N5OPt-2. The second-order valence-corrected chi connectivity index (χ2v) is 23.3. The molecule has 4 heterocycles. The molecule has 0 fully saturated rings. The standard InChI is InChI=1S/C76H59N5O.Pt/c1-74(2,3)51-40-41-77-72(42-51)81-66-39-21-16-32-58(66)59-44-70(80-64-37-19-14-30-56(64)57-31-15-20-38-65(57)80)71(47-67(59)81)82-53-29-22-28-52(43-53)78-48-79(73-54(49-24-10-8-11-25-49)33-23-34-55(73)50-26-12-9-13-27-50)69-46-63-62(45-68(69)78)75(4,5)60-35-17-18-36-61(60)76(63,6)7;/h8-42,44-46H,1-7H3;/q-2;/i8D,9D,10D,11D,12D,13D,24D,25D,26D,27D;. The molecule has 4 aromatic heterocycles. The van der Waals surface area contributed by atoms with Crippen LogP contribution in [0.4, 0.5) is 0 Å². The first kappa shape index (κ1) is 41.8. The van der Waals surface area contributed by atoms with Gasteiger partial charge in [0.15, 0.2) is 0 Å². The Hall–Kier alpha value is -9.09. The summed E-state index contributed by atoms with van der Waals surface area (Å²) in [6.07, 6.45) is 5.52. The molecule has 406 valence electrons. The summed E-state index contributed by atoms with van der Waals surface area (Å²) < 4.78 is 106. The van der Waals surface area contributed by atoms with Crippen LogP contribution >= 0.6 is 0 Å². The number of imidazole rings is 1. The van der Waals surface area contributed by atoms with Gasteiger partial charge < -0.3 is 18.4 Å². The first-order chi connectivity index (χ1) is 44.0. The fourth-order valence-electron chi connectivity index (χ4n) is 12.7. The quantitative estimate of drug-likeness (QED) is 0.112. The fourth-order valence-corrected chi connectivity index (χ4v) is 12.7. The van der Waals surface area contributed by atoms with Gasteiger partial charge in [-0.1, -0.05) is 217 Å². The summed E-state index contributed by atoms with van der Waals surface area (Å²) in [5, 5.41) is 4.08. The van der Waals surface area contributed by atoms with Gasteiger partial charge in [-0.05, 0) is 115 Å². The fraction of sp³-hybridized carbons (Fsp3) is 0.132. The predicted molar refractivity (Wildman–Crippen MR) is 335 cm³/mol. The summed E-state index contributed by atoms with van der Waals surface area (Å²) >= 11 is 0. The maximum absolute atomic E-state index is 9.41. The third-order valence-electron chi connectivity index (χ3n) is 16.7. The third-order valence-corrected chi connectivity index (χ3v) is 16.7. The van der Waals surface area contributed by atoms with Crippen molar-refractivity contribution in [1.82, 2.24) is 18.7 Å². The molecule has 7 heteroatoms. The molecule has 0 saturated carbocycles. The van der Waals surface area contributed by atoms with Crippen LogP contribution in [0.3, 0.4) is 0 Å². The van der Waals surface area contributed by atoms with Crippen molar-refractivity contribution >= 4 is 54.6 Å². The van der Waals surface area contributed by atoms with Crippen molar-refractivity contribution in [3.05, 3.63) is 277 Å². The van der Waals surface area contributed by atoms with Crippen molar-refractivity contribution in [1.29, 1.82) is 0 Å². The molecule has 0 bridgehead atoms. The monoisotopic (exact) mass is 1260 g/mol. The van der Waals surface area contributed by atoms with Gasteiger partial charge in [0.2, 0.25) is 0 Å². The zero-order valence-corrected chi connectivity index (χ0v) is 48.9. The summed E-state index contributed by atoms with van der Waals surface area (Å²) in [7, 11) is 0. The summed E-state index contributed by atoms with van der Waals surface area (Å²) in [5.41, 5.74) is 10.3. The van der Waals surface area contributed by atoms with Gasteiger partial charge in [-0.3, -0.25) is 4.57 Å². The van der Waals surface area contributed by atoms with E-state index in [-0.39, 0.29) is 54.4 Å². The zero-order chi connectivity index (χ0) is 64.4. The van der Waals surface area contributed by atoms with E-state index < -0.39 is 71.3 Å². The van der Waals surface area contributed by atoms with Crippen molar-refractivity contribution in [3.63, 3.8) is 0 Å². The Balaban J connectivity index is 0.00000749. The maximum atomic E-state index is 9.41. The van der Waals surface area contributed by atoms with Gasteiger partial charge in [-0.15, -0.1) is 24.3 Å². The van der Waals surface area contributed by atoms with Crippen molar-refractivity contribution < 1.29 is 44.1 Å². The molecule has 0 radical (unpaired) electrons. The van der Waals surface area contributed by atoms with Crippen LogP contribution in [0.25, 0.3) is 99.8 Å². The van der Waals surface area contributed by atoms with Crippen molar-refractivity contribution in [2.75, 3.05) is 0 Å². The van der Waals surface area contributed by atoms with Crippen molar-refractivity contribution in [3.8, 4) is 56.6 Å². The molecule has 14 aromatic rings. The number of hydrogen-bond donors (Lipinski definition) is 0.